The van der Waals surface area contributed by atoms with Crippen LogP contribution >= 0.6 is 0 Å². The van der Waals surface area contributed by atoms with Crippen molar-refractivity contribution in [1.29, 1.82) is 0 Å². The number of amides is 1. The Morgan fingerprint density at radius 1 is 1.35 bits per heavy atom. The fourth-order valence-corrected chi connectivity index (χ4v) is 2.06. The van der Waals surface area contributed by atoms with Gasteiger partial charge in [0, 0.05) is 0 Å². The Morgan fingerprint density at radius 3 is 2.61 bits per heavy atom. The van der Waals surface area contributed by atoms with Gasteiger partial charge in [-0.15, -0.1) is 0 Å². The maximum absolute atomic E-state index is 12.0. The summed E-state index contributed by atoms with van der Waals surface area (Å²) in [6.45, 7) is 5.66. The van der Waals surface area contributed by atoms with Gasteiger partial charge in [0.25, 0.3) is 0 Å². The van der Waals surface area contributed by atoms with E-state index in [1.165, 1.54) is 0 Å². The molecule has 1 amide bonds. The summed E-state index contributed by atoms with van der Waals surface area (Å²) in [6.07, 6.45) is 0.987. The molecule has 23 heavy (non-hydrogen) atoms. The maximum atomic E-state index is 12.0. The summed E-state index contributed by atoms with van der Waals surface area (Å²) in [5.74, 6) is -0.329. The van der Waals surface area contributed by atoms with Crippen molar-refractivity contribution in [2.45, 2.75) is 33.4 Å². The molecule has 0 aromatic heterocycles. The highest BCUT2D eigenvalue weighted by Crippen LogP contribution is 2.16. The second-order valence-corrected chi connectivity index (χ2v) is 5.44. The van der Waals surface area contributed by atoms with Crippen LogP contribution in [0.25, 0.3) is 0 Å². The number of benzene rings is 1. The SMILES string of the molecule is C/C=C1\N=C([C@@H](NC(=O)OCc2ccccc2)C(C)C)OC1=O. The molecule has 1 atom stereocenters. The number of hydrogen-bond donors (Lipinski definition) is 1. The number of aliphatic imine (C=N–C) groups is 1. The summed E-state index contributed by atoms with van der Waals surface area (Å²) in [7, 11) is 0. The van der Waals surface area contributed by atoms with Crippen molar-refractivity contribution < 1.29 is 19.1 Å². The van der Waals surface area contributed by atoms with Crippen molar-refractivity contribution in [3.8, 4) is 0 Å². The van der Waals surface area contributed by atoms with Crippen LogP contribution in [-0.4, -0.2) is 24.0 Å². The molecule has 0 unspecified atom stereocenters. The minimum absolute atomic E-state index is 0.0120. The Morgan fingerprint density at radius 2 is 2.04 bits per heavy atom. The second-order valence-electron chi connectivity index (χ2n) is 5.44. The van der Waals surface area contributed by atoms with Gasteiger partial charge < -0.3 is 14.8 Å². The summed E-state index contributed by atoms with van der Waals surface area (Å²) in [5, 5.41) is 2.70. The Kier molecular flexibility index (Phi) is 5.51. The van der Waals surface area contributed by atoms with E-state index in [1.807, 2.05) is 44.2 Å². The predicted octanol–water partition coefficient (Wildman–Crippen LogP) is 2.80. The number of nitrogens with one attached hydrogen (secondary N) is 1. The molecule has 6 nitrogen and oxygen atoms in total. The second kappa shape index (κ2) is 7.58. The molecule has 122 valence electrons. The number of nitrogens with zero attached hydrogens (tertiary/aromatic N) is 1. The first kappa shape index (κ1) is 16.7. The number of carbonyl (C=O) groups is 2. The van der Waals surface area contributed by atoms with E-state index < -0.39 is 18.1 Å². The van der Waals surface area contributed by atoms with E-state index in [4.69, 9.17) is 9.47 Å². The summed E-state index contributed by atoms with van der Waals surface area (Å²) in [6, 6.07) is 8.85. The Balaban J connectivity index is 1.97. The molecule has 0 radical (unpaired) electrons. The van der Waals surface area contributed by atoms with Crippen molar-refractivity contribution in [2.24, 2.45) is 10.9 Å². The van der Waals surface area contributed by atoms with Crippen LogP contribution in [0, 0.1) is 5.92 Å². The fourth-order valence-electron chi connectivity index (χ4n) is 2.06. The van der Waals surface area contributed by atoms with Crippen LogP contribution in [0.4, 0.5) is 4.79 Å². The zero-order valence-electron chi connectivity index (χ0n) is 13.4. The smallest absolute Gasteiger partial charge is 0.408 e. The highest BCUT2D eigenvalue weighted by atomic mass is 16.6. The van der Waals surface area contributed by atoms with Gasteiger partial charge in [0.2, 0.25) is 5.90 Å². The average Bonchev–Trinajstić information content (AvgIpc) is 2.92. The van der Waals surface area contributed by atoms with Gasteiger partial charge in [-0.3, -0.25) is 0 Å². The molecular formula is C17H20N2O4. The predicted molar refractivity (Wildman–Crippen MR) is 85.7 cm³/mol. The molecule has 0 aliphatic carbocycles. The summed E-state index contributed by atoms with van der Waals surface area (Å²) in [5.41, 5.74) is 1.13. The Labute approximate surface area is 135 Å². The number of hydrogen-bond acceptors (Lipinski definition) is 5. The molecule has 2 rings (SSSR count). The molecule has 1 aliphatic rings. The molecule has 0 fully saturated rings. The Bertz CT molecular complexity index is 635. The number of rotatable bonds is 5. The van der Waals surface area contributed by atoms with E-state index in [0.717, 1.165) is 5.56 Å². The number of allylic oxidation sites excluding steroid dienone is 1. The zero-order chi connectivity index (χ0) is 16.8. The molecule has 1 heterocycles. The van der Waals surface area contributed by atoms with Gasteiger partial charge in [-0.05, 0) is 18.4 Å². The molecule has 0 bridgehead atoms. The van der Waals surface area contributed by atoms with E-state index in [1.54, 1.807) is 13.0 Å². The lowest BCUT2D eigenvalue weighted by Gasteiger charge is -2.20. The zero-order valence-corrected chi connectivity index (χ0v) is 13.4. The average molecular weight is 316 g/mol. The largest absolute Gasteiger partial charge is 0.445 e. The lowest BCUT2D eigenvalue weighted by atomic mass is 10.0. The first-order valence-electron chi connectivity index (χ1n) is 7.45. The van der Waals surface area contributed by atoms with Gasteiger partial charge in [-0.25, -0.2) is 14.6 Å². The lowest BCUT2D eigenvalue weighted by molar-refractivity contribution is -0.130. The third kappa shape index (κ3) is 4.42. The van der Waals surface area contributed by atoms with E-state index in [9.17, 15) is 9.59 Å². The van der Waals surface area contributed by atoms with Gasteiger partial charge >= 0.3 is 12.1 Å². The number of ether oxygens (including phenoxy) is 2. The molecule has 1 N–H and O–H groups in total. The molecule has 0 spiro atoms. The molecule has 1 aromatic carbocycles. The molecule has 0 saturated heterocycles. The van der Waals surface area contributed by atoms with E-state index in [0.29, 0.717) is 0 Å². The van der Waals surface area contributed by atoms with Crippen LogP contribution in [-0.2, 0) is 20.9 Å². The van der Waals surface area contributed by atoms with Gasteiger partial charge in [0.15, 0.2) is 0 Å². The van der Waals surface area contributed by atoms with Crippen LogP contribution in [0.1, 0.15) is 26.3 Å². The number of cyclic esters (lactones) is 1. The van der Waals surface area contributed by atoms with Crippen molar-refractivity contribution >= 4 is 18.0 Å². The molecular weight excluding hydrogens is 296 g/mol. The summed E-state index contributed by atoms with van der Waals surface area (Å²) in [4.78, 5) is 27.7. The molecule has 0 saturated carbocycles. The minimum Gasteiger partial charge on any atom is -0.445 e. The first-order valence-corrected chi connectivity index (χ1v) is 7.45. The third-order valence-corrected chi connectivity index (χ3v) is 3.33. The Hall–Kier alpha value is -2.63. The van der Waals surface area contributed by atoms with E-state index in [-0.39, 0.29) is 24.1 Å². The summed E-state index contributed by atoms with van der Waals surface area (Å²) >= 11 is 0. The van der Waals surface area contributed by atoms with Crippen LogP contribution in [0.3, 0.4) is 0 Å². The normalized spacial score (nSPS) is 17.0. The standard InChI is InChI=1S/C17H20N2O4/c1-4-13-16(20)23-15(18-13)14(11(2)3)19-17(21)22-10-12-8-6-5-7-9-12/h4-9,11,14H,10H2,1-3H3,(H,19,21)/b13-4-/t14-/m0/s1. The van der Waals surface area contributed by atoms with Crippen LogP contribution in [0.2, 0.25) is 0 Å². The van der Waals surface area contributed by atoms with Gasteiger partial charge in [-0.2, -0.15) is 0 Å². The quantitative estimate of drug-likeness (QED) is 0.669. The minimum atomic E-state index is -0.583. The first-order chi connectivity index (χ1) is 11.0. The lowest BCUT2D eigenvalue weighted by Crippen LogP contribution is -2.45. The topological polar surface area (TPSA) is 77.0 Å². The van der Waals surface area contributed by atoms with Gasteiger partial charge in [0.1, 0.15) is 18.3 Å². The number of carbonyl (C=O) groups excluding carboxylic acids is 2. The van der Waals surface area contributed by atoms with Gasteiger partial charge in [0.05, 0.1) is 0 Å². The van der Waals surface area contributed by atoms with E-state index in [2.05, 4.69) is 10.3 Å². The molecule has 1 aromatic rings. The van der Waals surface area contributed by atoms with Crippen LogP contribution in [0.15, 0.2) is 47.1 Å². The van der Waals surface area contributed by atoms with Crippen molar-refractivity contribution in [3.63, 3.8) is 0 Å². The third-order valence-electron chi connectivity index (χ3n) is 3.33. The summed E-state index contributed by atoms with van der Waals surface area (Å²) < 4.78 is 10.3. The van der Waals surface area contributed by atoms with E-state index >= 15 is 0 Å². The molecule has 6 heteroatoms. The van der Waals surface area contributed by atoms with Crippen molar-refractivity contribution in [2.75, 3.05) is 0 Å². The highest BCUT2D eigenvalue weighted by Gasteiger charge is 2.32. The van der Waals surface area contributed by atoms with Crippen LogP contribution in [0.5, 0.6) is 0 Å². The maximum Gasteiger partial charge on any atom is 0.408 e. The highest BCUT2D eigenvalue weighted by molar-refractivity contribution is 6.06. The fraction of sp³-hybridized carbons (Fsp3) is 0.353. The van der Waals surface area contributed by atoms with Crippen LogP contribution < -0.4 is 5.32 Å². The van der Waals surface area contributed by atoms with Crippen molar-refractivity contribution in [3.05, 3.63) is 47.7 Å². The number of esters is 1. The number of alkyl carbamates (subject to hydrolysis) is 1. The van der Waals surface area contributed by atoms with Gasteiger partial charge in [-0.1, -0.05) is 50.3 Å². The van der Waals surface area contributed by atoms with Crippen molar-refractivity contribution in [1.82, 2.24) is 5.32 Å². The monoisotopic (exact) mass is 316 g/mol. The molecule has 1 aliphatic heterocycles.